The van der Waals surface area contributed by atoms with E-state index in [0.29, 0.717) is 36.1 Å². The molecule has 1 amide bonds. The molecule has 3 aromatic rings. The first-order valence-electron chi connectivity index (χ1n) is 8.52. The average Bonchev–Trinajstić information content (AvgIpc) is 3.25. The standard InChI is InChI=1S/C19H22N4O3/c1-19(2,3)18-21-16(23-26-18)9-10-20-17(24)12-14-11-15(25-22-14)13-7-5-4-6-8-13/h4-8,11H,9-10,12H2,1-3H3,(H,20,24). The predicted molar refractivity (Wildman–Crippen MR) is 95.4 cm³/mol. The smallest absolute Gasteiger partial charge is 0.232 e. The van der Waals surface area contributed by atoms with Crippen LogP contribution in [0.5, 0.6) is 0 Å². The van der Waals surface area contributed by atoms with Crippen molar-refractivity contribution >= 4 is 5.91 Å². The molecule has 2 aromatic heterocycles. The SMILES string of the molecule is CC(C)(C)c1nc(CCNC(=O)Cc2cc(-c3ccccc3)on2)no1. The fraction of sp³-hybridized carbons (Fsp3) is 0.368. The summed E-state index contributed by atoms with van der Waals surface area (Å²) in [4.78, 5) is 16.4. The van der Waals surface area contributed by atoms with Gasteiger partial charge in [0.2, 0.25) is 11.8 Å². The third-order valence-corrected chi connectivity index (χ3v) is 3.74. The molecule has 0 unspecified atom stereocenters. The highest BCUT2D eigenvalue weighted by Crippen LogP contribution is 2.20. The van der Waals surface area contributed by atoms with Gasteiger partial charge < -0.3 is 14.4 Å². The highest BCUT2D eigenvalue weighted by molar-refractivity contribution is 5.78. The van der Waals surface area contributed by atoms with E-state index in [0.717, 1.165) is 5.56 Å². The average molecular weight is 354 g/mol. The monoisotopic (exact) mass is 354 g/mol. The second-order valence-corrected chi connectivity index (χ2v) is 7.09. The van der Waals surface area contributed by atoms with Crippen molar-refractivity contribution in [2.24, 2.45) is 0 Å². The van der Waals surface area contributed by atoms with Crippen molar-refractivity contribution in [3.63, 3.8) is 0 Å². The van der Waals surface area contributed by atoms with Crippen molar-refractivity contribution in [3.8, 4) is 11.3 Å². The van der Waals surface area contributed by atoms with Gasteiger partial charge in [-0.15, -0.1) is 0 Å². The molecular formula is C19H22N4O3. The third-order valence-electron chi connectivity index (χ3n) is 3.74. The van der Waals surface area contributed by atoms with E-state index in [1.165, 1.54) is 0 Å². The van der Waals surface area contributed by atoms with Gasteiger partial charge in [0.15, 0.2) is 11.6 Å². The lowest BCUT2D eigenvalue weighted by atomic mass is 9.97. The minimum absolute atomic E-state index is 0.127. The summed E-state index contributed by atoms with van der Waals surface area (Å²) in [5.41, 5.74) is 1.34. The molecule has 0 fully saturated rings. The molecule has 1 aromatic carbocycles. The number of rotatable bonds is 6. The summed E-state index contributed by atoms with van der Waals surface area (Å²) >= 11 is 0. The second-order valence-electron chi connectivity index (χ2n) is 7.09. The van der Waals surface area contributed by atoms with E-state index in [1.54, 1.807) is 6.07 Å². The predicted octanol–water partition coefficient (Wildman–Crippen LogP) is 2.92. The van der Waals surface area contributed by atoms with Crippen LogP contribution in [0.1, 0.15) is 38.2 Å². The van der Waals surface area contributed by atoms with Crippen molar-refractivity contribution in [2.45, 2.75) is 39.0 Å². The Labute approximate surface area is 151 Å². The number of hydrogen-bond acceptors (Lipinski definition) is 6. The highest BCUT2D eigenvalue weighted by atomic mass is 16.5. The number of benzene rings is 1. The summed E-state index contributed by atoms with van der Waals surface area (Å²) in [6.45, 7) is 6.46. The Balaban J connectivity index is 1.47. The van der Waals surface area contributed by atoms with E-state index in [2.05, 4.69) is 20.6 Å². The van der Waals surface area contributed by atoms with Crippen LogP contribution in [0.3, 0.4) is 0 Å². The summed E-state index contributed by atoms with van der Waals surface area (Å²) < 4.78 is 10.5. The zero-order valence-corrected chi connectivity index (χ0v) is 15.2. The molecule has 0 spiro atoms. The lowest BCUT2D eigenvalue weighted by molar-refractivity contribution is -0.120. The molecule has 7 nitrogen and oxygen atoms in total. The first kappa shape index (κ1) is 17.8. The Hall–Kier alpha value is -2.96. The van der Waals surface area contributed by atoms with Crippen LogP contribution in [0.2, 0.25) is 0 Å². The molecule has 0 bridgehead atoms. The molecule has 26 heavy (non-hydrogen) atoms. The molecular weight excluding hydrogens is 332 g/mol. The van der Waals surface area contributed by atoms with Crippen LogP contribution < -0.4 is 5.32 Å². The maximum absolute atomic E-state index is 12.1. The molecule has 0 atom stereocenters. The van der Waals surface area contributed by atoms with E-state index in [1.807, 2.05) is 51.1 Å². The number of amides is 1. The Kier molecular flexibility index (Phi) is 5.16. The van der Waals surface area contributed by atoms with Crippen molar-refractivity contribution in [1.29, 1.82) is 0 Å². The van der Waals surface area contributed by atoms with Crippen molar-refractivity contribution < 1.29 is 13.8 Å². The quantitative estimate of drug-likeness (QED) is 0.731. The fourth-order valence-electron chi connectivity index (χ4n) is 2.33. The van der Waals surface area contributed by atoms with Crippen molar-refractivity contribution in [2.75, 3.05) is 6.54 Å². The molecule has 2 heterocycles. The molecule has 7 heteroatoms. The molecule has 0 aliphatic rings. The van der Waals surface area contributed by atoms with Gasteiger partial charge >= 0.3 is 0 Å². The van der Waals surface area contributed by atoms with Crippen LogP contribution in [0.4, 0.5) is 0 Å². The van der Waals surface area contributed by atoms with E-state index >= 15 is 0 Å². The van der Waals surface area contributed by atoms with E-state index < -0.39 is 0 Å². The molecule has 0 aliphatic carbocycles. The Morgan fingerprint density at radius 1 is 1.12 bits per heavy atom. The number of carbonyl (C=O) groups is 1. The molecule has 1 N–H and O–H groups in total. The maximum atomic E-state index is 12.1. The molecule has 0 radical (unpaired) electrons. The zero-order chi connectivity index (χ0) is 18.6. The first-order valence-corrected chi connectivity index (χ1v) is 8.52. The summed E-state index contributed by atoms with van der Waals surface area (Å²) in [5, 5.41) is 10.7. The number of aromatic nitrogens is 3. The van der Waals surface area contributed by atoms with Crippen LogP contribution in [-0.2, 0) is 23.1 Å². The fourth-order valence-corrected chi connectivity index (χ4v) is 2.33. The Bertz CT molecular complexity index is 862. The first-order chi connectivity index (χ1) is 12.4. The summed E-state index contributed by atoms with van der Waals surface area (Å²) in [5.74, 6) is 1.70. The maximum Gasteiger partial charge on any atom is 0.232 e. The van der Waals surface area contributed by atoms with Crippen LogP contribution in [0, 0.1) is 0 Å². The second kappa shape index (κ2) is 7.51. The zero-order valence-electron chi connectivity index (χ0n) is 15.2. The van der Waals surface area contributed by atoms with Crippen LogP contribution in [-0.4, -0.2) is 27.7 Å². The topological polar surface area (TPSA) is 94.1 Å². The minimum Gasteiger partial charge on any atom is -0.356 e. The van der Waals surface area contributed by atoms with Crippen LogP contribution in [0.25, 0.3) is 11.3 Å². The highest BCUT2D eigenvalue weighted by Gasteiger charge is 2.21. The molecule has 3 rings (SSSR count). The Morgan fingerprint density at radius 3 is 2.58 bits per heavy atom. The molecule has 136 valence electrons. The van der Waals surface area contributed by atoms with Crippen LogP contribution in [0.15, 0.2) is 45.4 Å². The third kappa shape index (κ3) is 4.56. The van der Waals surface area contributed by atoms with Gasteiger partial charge in [0, 0.05) is 30.0 Å². The molecule has 0 saturated carbocycles. The van der Waals surface area contributed by atoms with E-state index in [-0.39, 0.29) is 17.7 Å². The number of nitrogens with one attached hydrogen (secondary N) is 1. The number of nitrogens with zero attached hydrogens (tertiary/aromatic N) is 3. The summed E-state index contributed by atoms with van der Waals surface area (Å²) in [6.07, 6.45) is 0.676. The van der Waals surface area contributed by atoms with E-state index in [9.17, 15) is 4.79 Å². The van der Waals surface area contributed by atoms with Gasteiger partial charge in [-0.1, -0.05) is 61.4 Å². The normalized spacial score (nSPS) is 11.5. The van der Waals surface area contributed by atoms with Gasteiger partial charge in [0.25, 0.3) is 0 Å². The molecule has 0 saturated heterocycles. The van der Waals surface area contributed by atoms with E-state index in [4.69, 9.17) is 9.05 Å². The lowest BCUT2D eigenvalue weighted by Gasteiger charge is -2.10. The van der Waals surface area contributed by atoms with Gasteiger partial charge in [-0.25, -0.2) is 0 Å². The summed E-state index contributed by atoms with van der Waals surface area (Å²) in [7, 11) is 0. The Morgan fingerprint density at radius 2 is 1.88 bits per heavy atom. The van der Waals surface area contributed by atoms with Crippen molar-refractivity contribution in [1.82, 2.24) is 20.6 Å². The molecule has 0 aliphatic heterocycles. The van der Waals surface area contributed by atoms with Gasteiger partial charge in [-0.05, 0) is 0 Å². The number of carbonyl (C=O) groups excluding carboxylic acids is 1. The minimum atomic E-state index is -0.183. The lowest BCUT2D eigenvalue weighted by Crippen LogP contribution is -2.27. The van der Waals surface area contributed by atoms with Gasteiger partial charge in [-0.2, -0.15) is 4.98 Å². The largest absolute Gasteiger partial charge is 0.356 e. The van der Waals surface area contributed by atoms with Gasteiger partial charge in [0.05, 0.1) is 12.1 Å². The van der Waals surface area contributed by atoms with Gasteiger partial charge in [-0.3, -0.25) is 4.79 Å². The number of hydrogen-bond donors (Lipinski definition) is 1. The van der Waals surface area contributed by atoms with Gasteiger partial charge in [0.1, 0.15) is 0 Å². The van der Waals surface area contributed by atoms with Crippen molar-refractivity contribution in [3.05, 3.63) is 53.8 Å². The summed E-state index contributed by atoms with van der Waals surface area (Å²) in [6, 6.07) is 11.4. The van der Waals surface area contributed by atoms with Crippen LogP contribution >= 0.6 is 0 Å².